The lowest BCUT2D eigenvalue weighted by Gasteiger charge is -2.36. The van der Waals surface area contributed by atoms with E-state index in [2.05, 4.69) is 10.5 Å². The van der Waals surface area contributed by atoms with Crippen LogP contribution in [0.5, 0.6) is 0 Å². The van der Waals surface area contributed by atoms with Gasteiger partial charge in [0.15, 0.2) is 5.17 Å². The molecule has 0 saturated heterocycles. The van der Waals surface area contributed by atoms with Crippen LogP contribution in [-0.4, -0.2) is 23.8 Å². The number of anilines is 1. The Morgan fingerprint density at radius 2 is 1.95 bits per heavy atom. The Balaban J connectivity index is 2.59. The number of hydrogen-bond acceptors (Lipinski definition) is 7. The van der Waals surface area contributed by atoms with E-state index in [0.717, 1.165) is 10.5 Å². The van der Waals surface area contributed by atoms with Crippen molar-refractivity contribution in [2.75, 3.05) is 4.90 Å². The molecule has 0 bridgehead atoms. The summed E-state index contributed by atoms with van der Waals surface area (Å²) in [6, 6.07) is 6.76. The molecular weight excluding hydrogens is 314 g/mol. The molecule has 0 spiro atoms. The summed E-state index contributed by atoms with van der Waals surface area (Å²) >= 11 is 0.664. The highest BCUT2D eigenvalue weighted by Gasteiger charge is 2.54. The normalized spacial score (nSPS) is 21.6. The summed E-state index contributed by atoms with van der Waals surface area (Å²) in [5, 5.41) is 8.94. The second-order valence-corrected chi connectivity index (χ2v) is 7.63. The molecular formula is C11H15N5O3S2. The van der Waals surface area contributed by atoms with Crippen molar-refractivity contribution in [3.05, 3.63) is 29.8 Å². The van der Waals surface area contributed by atoms with Crippen molar-refractivity contribution >= 4 is 38.5 Å². The summed E-state index contributed by atoms with van der Waals surface area (Å²) in [5.41, 5.74) is 9.25. The van der Waals surface area contributed by atoms with Crippen molar-refractivity contribution in [2.45, 2.75) is 18.2 Å². The molecule has 1 aromatic carbocycles. The highest BCUT2D eigenvalue weighted by Crippen LogP contribution is 2.38. The predicted octanol–water partition coefficient (Wildman–Crippen LogP) is -0.186. The van der Waals surface area contributed by atoms with Crippen molar-refractivity contribution in [3.63, 3.8) is 0 Å². The summed E-state index contributed by atoms with van der Waals surface area (Å²) in [5.74, 6) is -0.516. The number of rotatable bonds is 3. The number of amidine groups is 1. The van der Waals surface area contributed by atoms with E-state index in [1.54, 1.807) is 24.3 Å². The molecule has 10 heteroatoms. The molecule has 0 saturated carbocycles. The summed E-state index contributed by atoms with van der Waals surface area (Å²) < 4.78 is 22.1. The van der Waals surface area contributed by atoms with Gasteiger partial charge in [-0.15, -0.1) is 0 Å². The minimum atomic E-state index is -4.24. The third-order valence-electron chi connectivity index (χ3n) is 2.84. The van der Waals surface area contributed by atoms with Crippen LogP contribution in [0.2, 0.25) is 0 Å². The lowest BCUT2D eigenvalue weighted by Crippen LogP contribution is -2.62. The first-order chi connectivity index (χ1) is 9.67. The number of benzene rings is 1. The van der Waals surface area contributed by atoms with E-state index in [4.69, 9.17) is 10.9 Å². The van der Waals surface area contributed by atoms with Crippen LogP contribution in [0.4, 0.5) is 5.69 Å². The maximum absolute atomic E-state index is 12.1. The van der Waals surface area contributed by atoms with E-state index in [0.29, 0.717) is 17.4 Å². The SMILES string of the molecule is CC(=O)N(c1ccc(C)cc1)C1(S(N)(=O)=O)NN=C(N)S1. The average Bonchev–Trinajstić information content (AvgIpc) is 2.74. The lowest BCUT2D eigenvalue weighted by molar-refractivity contribution is -0.117. The number of amides is 1. The Morgan fingerprint density at radius 3 is 2.33 bits per heavy atom. The molecule has 2 rings (SSSR count). The van der Waals surface area contributed by atoms with Crippen LogP contribution in [0, 0.1) is 6.92 Å². The quantitative estimate of drug-likeness (QED) is 0.704. The number of aryl methyl sites for hydroxylation is 1. The zero-order chi connectivity index (χ0) is 15.8. The second-order valence-electron chi connectivity index (χ2n) is 4.48. The summed E-state index contributed by atoms with van der Waals surface area (Å²) in [6.45, 7) is 3.12. The van der Waals surface area contributed by atoms with Crippen molar-refractivity contribution in [1.82, 2.24) is 5.43 Å². The lowest BCUT2D eigenvalue weighted by atomic mass is 10.2. The van der Waals surface area contributed by atoms with E-state index in [-0.39, 0.29) is 5.17 Å². The van der Waals surface area contributed by atoms with Gasteiger partial charge in [-0.2, -0.15) is 5.10 Å². The number of primary sulfonamides is 1. The van der Waals surface area contributed by atoms with Gasteiger partial charge in [-0.1, -0.05) is 17.7 Å². The Bertz CT molecular complexity index is 701. The highest BCUT2D eigenvalue weighted by molar-refractivity contribution is 8.23. The molecule has 1 amide bonds. The summed E-state index contributed by atoms with van der Waals surface area (Å²) in [4.78, 5) is 13.1. The van der Waals surface area contributed by atoms with Crippen molar-refractivity contribution < 1.29 is 13.2 Å². The van der Waals surface area contributed by atoms with Crippen LogP contribution < -0.4 is 21.2 Å². The first-order valence-corrected chi connectivity index (χ1v) is 8.23. The first kappa shape index (κ1) is 15.6. The number of nitrogens with one attached hydrogen (secondary N) is 1. The van der Waals surface area contributed by atoms with Crippen molar-refractivity contribution in [2.24, 2.45) is 16.0 Å². The van der Waals surface area contributed by atoms with E-state index < -0.39 is 20.3 Å². The van der Waals surface area contributed by atoms with Crippen LogP contribution in [0.1, 0.15) is 12.5 Å². The number of sulfonamides is 1. The third-order valence-corrected chi connectivity index (χ3v) is 5.68. The van der Waals surface area contributed by atoms with Gasteiger partial charge in [0, 0.05) is 12.6 Å². The fraction of sp³-hybridized carbons (Fsp3) is 0.273. The summed E-state index contributed by atoms with van der Waals surface area (Å²) in [6.07, 6.45) is 0. The van der Waals surface area contributed by atoms with Gasteiger partial charge < -0.3 is 5.73 Å². The minimum absolute atomic E-state index is 0.0256. The van der Waals surface area contributed by atoms with Gasteiger partial charge in [0.25, 0.3) is 10.0 Å². The number of hydrogen-bond donors (Lipinski definition) is 3. The maximum atomic E-state index is 12.1. The Hall–Kier alpha value is -1.78. The van der Waals surface area contributed by atoms with Crippen LogP contribution in [0.3, 0.4) is 0 Å². The smallest absolute Gasteiger partial charge is 0.306 e. The number of nitrogens with two attached hydrogens (primary N) is 2. The fourth-order valence-electron chi connectivity index (χ4n) is 1.91. The minimum Gasteiger partial charge on any atom is -0.377 e. The van der Waals surface area contributed by atoms with Gasteiger partial charge in [-0.25, -0.2) is 13.6 Å². The second kappa shape index (κ2) is 5.20. The zero-order valence-corrected chi connectivity index (χ0v) is 13.0. The van der Waals surface area contributed by atoms with Crippen molar-refractivity contribution in [3.8, 4) is 0 Å². The van der Waals surface area contributed by atoms with Gasteiger partial charge in [0.2, 0.25) is 5.91 Å². The molecule has 0 aromatic heterocycles. The fourth-order valence-corrected chi connectivity index (χ4v) is 4.08. The van der Waals surface area contributed by atoms with Crippen molar-refractivity contribution in [1.29, 1.82) is 0 Å². The molecule has 1 aliphatic rings. The first-order valence-electron chi connectivity index (χ1n) is 5.86. The highest BCUT2D eigenvalue weighted by atomic mass is 32.3. The molecule has 1 heterocycles. The van der Waals surface area contributed by atoms with Gasteiger partial charge in [-0.05, 0) is 30.8 Å². The number of carbonyl (C=O) groups excluding carboxylic acids is 1. The third kappa shape index (κ3) is 2.69. The summed E-state index contributed by atoms with van der Waals surface area (Å²) in [7, 11) is -4.24. The standard InChI is InChI=1S/C11H15N5O3S2/c1-7-3-5-9(6-4-7)16(8(2)17)11(21(13,18)19)15-14-10(12)20-11/h3-6,15H,1-2H3,(H2,12,14)(H2,13,18,19). The zero-order valence-electron chi connectivity index (χ0n) is 11.4. The number of hydrazone groups is 1. The Kier molecular flexibility index (Phi) is 3.87. The molecule has 21 heavy (non-hydrogen) atoms. The predicted molar refractivity (Wildman–Crippen MR) is 82.5 cm³/mol. The Morgan fingerprint density at radius 1 is 1.38 bits per heavy atom. The van der Waals surface area contributed by atoms with E-state index in [1.807, 2.05) is 6.92 Å². The number of thioether (sulfide) groups is 1. The van der Waals surface area contributed by atoms with E-state index >= 15 is 0 Å². The molecule has 1 aliphatic heterocycles. The largest absolute Gasteiger partial charge is 0.377 e. The van der Waals surface area contributed by atoms with E-state index in [1.165, 1.54) is 6.92 Å². The molecule has 8 nitrogen and oxygen atoms in total. The van der Waals surface area contributed by atoms with Gasteiger partial charge in [0.05, 0.1) is 0 Å². The van der Waals surface area contributed by atoms with E-state index in [9.17, 15) is 13.2 Å². The molecule has 0 radical (unpaired) electrons. The topological polar surface area (TPSA) is 131 Å². The molecule has 0 aliphatic carbocycles. The molecule has 1 unspecified atom stereocenters. The van der Waals surface area contributed by atoms with Crippen LogP contribution >= 0.6 is 11.8 Å². The van der Waals surface area contributed by atoms with Crippen LogP contribution in [0.25, 0.3) is 0 Å². The van der Waals surface area contributed by atoms with Gasteiger partial charge >= 0.3 is 4.33 Å². The molecule has 0 fully saturated rings. The van der Waals surface area contributed by atoms with Gasteiger partial charge in [-0.3, -0.25) is 15.1 Å². The monoisotopic (exact) mass is 329 g/mol. The molecule has 114 valence electrons. The van der Waals surface area contributed by atoms with Crippen LogP contribution in [0.15, 0.2) is 29.4 Å². The number of carbonyl (C=O) groups is 1. The number of nitrogens with zero attached hydrogens (tertiary/aromatic N) is 2. The maximum Gasteiger partial charge on any atom is 0.306 e. The molecule has 1 aromatic rings. The Labute approximate surface area is 126 Å². The van der Waals surface area contributed by atoms with Gasteiger partial charge in [0.1, 0.15) is 0 Å². The molecule has 5 N–H and O–H groups in total. The van der Waals surface area contributed by atoms with Crippen LogP contribution in [-0.2, 0) is 14.8 Å². The molecule has 1 atom stereocenters. The average molecular weight is 329 g/mol.